The van der Waals surface area contributed by atoms with Gasteiger partial charge in [0, 0.05) is 26.4 Å². The third kappa shape index (κ3) is 4.06. The van der Waals surface area contributed by atoms with Crippen molar-refractivity contribution in [3.8, 4) is 0 Å². The summed E-state index contributed by atoms with van der Waals surface area (Å²) < 4.78 is 4.87. The number of rotatable bonds is 5. The molecule has 0 aliphatic rings. The second-order valence-corrected chi connectivity index (χ2v) is 3.73. The first kappa shape index (κ1) is 14.0. The van der Waals surface area contributed by atoms with Crippen LogP contribution in [0.15, 0.2) is 24.3 Å². The van der Waals surface area contributed by atoms with Crippen LogP contribution >= 0.6 is 0 Å². The number of carboxylic acids is 1. The van der Waals surface area contributed by atoms with Crippen LogP contribution < -0.4 is 5.32 Å². The molecule has 1 rings (SSSR count). The average Bonchev–Trinajstić information content (AvgIpc) is 2.36. The Hall–Kier alpha value is -2.08. The zero-order chi connectivity index (χ0) is 13.5. The van der Waals surface area contributed by atoms with Crippen LogP contribution in [0.3, 0.4) is 0 Å². The Morgan fingerprint density at radius 2 is 1.94 bits per heavy atom. The summed E-state index contributed by atoms with van der Waals surface area (Å²) in [6.45, 7) is 0.942. The van der Waals surface area contributed by atoms with Crippen molar-refractivity contribution in [1.29, 1.82) is 0 Å². The highest BCUT2D eigenvalue weighted by atomic mass is 16.5. The summed E-state index contributed by atoms with van der Waals surface area (Å²) in [6, 6.07) is 5.70. The van der Waals surface area contributed by atoms with Crippen molar-refractivity contribution in [3.63, 3.8) is 0 Å². The van der Waals surface area contributed by atoms with Crippen molar-refractivity contribution < 1.29 is 19.4 Å². The van der Waals surface area contributed by atoms with Crippen molar-refractivity contribution in [2.75, 3.05) is 32.6 Å². The number of hydrogen-bond acceptors (Lipinski definition) is 3. The van der Waals surface area contributed by atoms with Gasteiger partial charge in [0.1, 0.15) is 0 Å². The van der Waals surface area contributed by atoms with E-state index in [1.165, 1.54) is 17.0 Å². The van der Waals surface area contributed by atoms with Crippen molar-refractivity contribution >= 4 is 17.7 Å². The molecule has 18 heavy (non-hydrogen) atoms. The van der Waals surface area contributed by atoms with Gasteiger partial charge in [0.25, 0.3) is 0 Å². The zero-order valence-electron chi connectivity index (χ0n) is 10.3. The maximum absolute atomic E-state index is 11.7. The average molecular weight is 252 g/mol. The molecule has 0 atom stereocenters. The Balaban J connectivity index is 2.56. The molecule has 0 aliphatic heterocycles. The van der Waals surface area contributed by atoms with E-state index in [1.54, 1.807) is 26.3 Å². The lowest BCUT2D eigenvalue weighted by molar-refractivity contribution is 0.0697. The zero-order valence-corrected chi connectivity index (χ0v) is 10.3. The lowest BCUT2D eigenvalue weighted by Crippen LogP contribution is -2.33. The van der Waals surface area contributed by atoms with E-state index in [0.717, 1.165) is 0 Å². The molecule has 0 bridgehead atoms. The number of amides is 2. The topological polar surface area (TPSA) is 78.9 Å². The predicted molar refractivity (Wildman–Crippen MR) is 66.9 cm³/mol. The number of nitrogens with one attached hydrogen (secondary N) is 1. The number of urea groups is 1. The fourth-order valence-electron chi connectivity index (χ4n) is 1.24. The van der Waals surface area contributed by atoms with Crippen LogP contribution in [0.4, 0.5) is 10.5 Å². The van der Waals surface area contributed by atoms with E-state index in [-0.39, 0.29) is 11.6 Å². The molecule has 1 aromatic carbocycles. The summed E-state index contributed by atoms with van der Waals surface area (Å²) in [5, 5.41) is 11.4. The number of carboxylic acid groups (broad SMARTS) is 1. The first-order valence-corrected chi connectivity index (χ1v) is 5.39. The molecule has 2 N–H and O–H groups in total. The van der Waals surface area contributed by atoms with Crippen LogP contribution in [0.2, 0.25) is 0 Å². The molecule has 0 aromatic heterocycles. The molecular weight excluding hydrogens is 236 g/mol. The molecular formula is C12H16N2O4. The number of anilines is 1. The molecule has 0 fully saturated rings. The molecule has 0 heterocycles. The normalized spacial score (nSPS) is 9.89. The fraction of sp³-hybridized carbons (Fsp3) is 0.333. The summed E-state index contributed by atoms with van der Waals surface area (Å²) in [5.41, 5.74) is 0.731. The lowest BCUT2D eigenvalue weighted by atomic mass is 10.2. The van der Waals surface area contributed by atoms with Gasteiger partial charge in [-0.15, -0.1) is 0 Å². The molecule has 1 aromatic rings. The first-order chi connectivity index (χ1) is 8.54. The Kier molecular flexibility index (Phi) is 5.13. The van der Waals surface area contributed by atoms with Crippen LogP contribution in [0.25, 0.3) is 0 Å². The summed E-state index contributed by atoms with van der Waals surface area (Å²) in [4.78, 5) is 23.8. The Bertz CT molecular complexity index is 417. The van der Waals surface area contributed by atoms with Gasteiger partial charge < -0.3 is 20.1 Å². The summed E-state index contributed by atoms with van der Waals surface area (Å²) >= 11 is 0. The van der Waals surface area contributed by atoms with E-state index in [1.807, 2.05) is 0 Å². The molecule has 2 amide bonds. The van der Waals surface area contributed by atoms with Gasteiger partial charge in [-0.05, 0) is 24.3 Å². The van der Waals surface area contributed by atoms with Crippen molar-refractivity contribution in [2.24, 2.45) is 0 Å². The summed E-state index contributed by atoms with van der Waals surface area (Å²) in [6.07, 6.45) is 0. The number of nitrogens with zero attached hydrogens (tertiary/aromatic N) is 1. The van der Waals surface area contributed by atoms with Gasteiger partial charge in [0.05, 0.1) is 12.2 Å². The van der Waals surface area contributed by atoms with Crippen LogP contribution in [0.5, 0.6) is 0 Å². The molecule has 0 spiro atoms. The second-order valence-electron chi connectivity index (χ2n) is 3.73. The molecule has 0 aliphatic carbocycles. The maximum atomic E-state index is 11.7. The van der Waals surface area contributed by atoms with E-state index in [2.05, 4.69) is 5.32 Å². The van der Waals surface area contributed by atoms with Crippen molar-refractivity contribution in [3.05, 3.63) is 29.8 Å². The second kappa shape index (κ2) is 6.61. The SMILES string of the molecule is COCCN(C)C(=O)Nc1ccc(C(=O)O)cc1. The third-order valence-electron chi connectivity index (χ3n) is 2.36. The Labute approximate surface area is 105 Å². The minimum Gasteiger partial charge on any atom is -0.478 e. The highest BCUT2D eigenvalue weighted by Gasteiger charge is 2.08. The van der Waals surface area contributed by atoms with Gasteiger partial charge in [-0.25, -0.2) is 9.59 Å². The van der Waals surface area contributed by atoms with E-state index in [4.69, 9.17) is 9.84 Å². The van der Waals surface area contributed by atoms with Crippen LogP contribution in [-0.2, 0) is 4.74 Å². The van der Waals surface area contributed by atoms with Gasteiger partial charge >= 0.3 is 12.0 Å². The van der Waals surface area contributed by atoms with Gasteiger partial charge in [0.15, 0.2) is 0 Å². The third-order valence-corrected chi connectivity index (χ3v) is 2.36. The van der Waals surface area contributed by atoms with E-state index >= 15 is 0 Å². The number of carbonyl (C=O) groups is 2. The number of methoxy groups -OCH3 is 1. The van der Waals surface area contributed by atoms with Gasteiger partial charge in [-0.3, -0.25) is 0 Å². The van der Waals surface area contributed by atoms with Crippen molar-refractivity contribution in [1.82, 2.24) is 4.90 Å². The number of hydrogen-bond donors (Lipinski definition) is 2. The minimum absolute atomic E-state index is 0.181. The number of carbonyl (C=O) groups excluding carboxylic acids is 1. The largest absolute Gasteiger partial charge is 0.478 e. The van der Waals surface area contributed by atoms with Crippen LogP contribution in [0.1, 0.15) is 10.4 Å². The van der Waals surface area contributed by atoms with Crippen molar-refractivity contribution in [2.45, 2.75) is 0 Å². The smallest absolute Gasteiger partial charge is 0.335 e. The Morgan fingerprint density at radius 1 is 1.33 bits per heavy atom. The van der Waals surface area contributed by atoms with Crippen LogP contribution in [0, 0.1) is 0 Å². The Morgan fingerprint density at radius 3 is 2.44 bits per heavy atom. The first-order valence-electron chi connectivity index (χ1n) is 5.39. The van der Waals surface area contributed by atoms with Crippen LogP contribution in [-0.4, -0.2) is 49.3 Å². The quantitative estimate of drug-likeness (QED) is 0.832. The maximum Gasteiger partial charge on any atom is 0.335 e. The summed E-state index contributed by atoms with van der Waals surface area (Å²) in [7, 11) is 3.22. The molecule has 6 nitrogen and oxygen atoms in total. The molecule has 0 saturated heterocycles. The number of ether oxygens (including phenoxy) is 1. The van der Waals surface area contributed by atoms with Gasteiger partial charge in [0.2, 0.25) is 0 Å². The molecule has 0 unspecified atom stereocenters. The highest BCUT2D eigenvalue weighted by molar-refractivity contribution is 5.91. The minimum atomic E-state index is -0.995. The van der Waals surface area contributed by atoms with E-state index in [0.29, 0.717) is 18.8 Å². The monoisotopic (exact) mass is 252 g/mol. The number of likely N-dealkylation sites (N-methyl/N-ethyl adjacent to an activating group) is 1. The molecule has 98 valence electrons. The molecule has 0 radical (unpaired) electrons. The molecule has 6 heteroatoms. The number of benzene rings is 1. The number of aromatic carboxylic acids is 1. The van der Waals surface area contributed by atoms with E-state index in [9.17, 15) is 9.59 Å². The highest BCUT2D eigenvalue weighted by Crippen LogP contribution is 2.10. The van der Waals surface area contributed by atoms with Gasteiger partial charge in [-0.2, -0.15) is 0 Å². The fourth-order valence-corrected chi connectivity index (χ4v) is 1.24. The molecule has 0 saturated carbocycles. The summed E-state index contributed by atoms with van der Waals surface area (Å²) in [5.74, 6) is -0.995. The predicted octanol–water partition coefficient (Wildman–Crippen LogP) is 1.49. The van der Waals surface area contributed by atoms with Gasteiger partial charge in [-0.1, -0.05) is 0 Å². The van der Waals surface area contributed by atoms with E-state index < -0.39 is 5.97 Å². The lowest BCUT2D eigenvalue weighted by Gasteiger charge is -2.17. The standard InChI is InChI=1S/C12H16N2O4/c1-14(7-8-18-2)12(17)13-10-5-3-9(4-6-10)11(15)16/h3-6H,7-8H2,1-2H3,(H,13,17)(H,15,16).